The Kier molecular flexibility index (Phi) is 3.55. The highest BCUT2D eigenvalue weighted by Gasteiger charge is 2.08. The van der Waals surface area contributed by atoms with Crippen LogP contribution in [0.2, 0.25) is 0 Å². The molecule has 0 radical (unpaired) electrons. The highest BCUT2D eigenvalue weighted by atomic mass is 16.5. The van der Waals surface area contributed by atoms with Crippen molar-refractivity contribution in [3.8, 4) is 0 Å². The van der Waals surface area contributed by atoms with E-state index < -0.39 is 0 Å². The highest BCUT2D eigenvalue weighted by molar-refractivity contribution is 5.71. The number of hydrogen-bond acceptors (Lipinski definition) is 3. The molecule has 4 nitrogen and oxygen atoms in total. The smallest absolute Gasteiger partial charge is 0.311 e. The summed E-state index contributed by atoms with van der Waals surface area (Å²) in [4.78, 5) is 15.3. The van der Waals surface area contributed by atoms with Gasteiger partial charge in [0, 0.05) is 18.4 Å². The van der Waals surface area contributed by atoms with E-state index in [1.807, 2.05) is 34.9 Å². The molecule has 88 valence electrons. The van der Waals surface area contributed by atoms with Crippen molar-refractivity contribution in [3.63, 3.8) is 0 Å². The molecule has 0 bridgehead atoms. The van der Waals surface area contributed by atoms with Gasteiger partial charge in [0.05, 0.1) is 19.9 Å². The van der Waals surface area contributed by atoms with Gasteiger partial charge in [0.1, 0.15) is 0 Å². The lowest BCUT2D eigenvalue weighted by Gasteiger charge is -2.07. The average Bonchev–Trinajstić information content (AvgIpc) is 2.78. The third-order valence-corrected chi connectivity index (χ3v) is 2.55. The van der Waals surface area contributed by atoms with Crippen molar-refractivity contribution in [1.82, 2.24) is 9.55 Å². The van der Waals surface area contributed by atoms with Gasteiger partial charge in [0.25, 0.3) is 0 Å². The molecular formula is C13H14N2O2. The summed E-state index contributed by atoms with van der Waals surface area (Å²) in [5.74, 6) is -0.250. The van der Waals surface area contributed by atoms with Gasteiger partial charge in [-0.2, -0.15) is 0 Å². The van der Waals surface area contributed by atoms with E-state index in [0.29, 0.717) is 6.54 Å². The molecular weight excluding hydrogens is 216 g/mol. The third kappa shape index (κ3) is 2.93. The fourth-order valence-electron chi connectivity index (χ4n) is 1.64. The van der Waals surface area contributed by atoms with Gasteiger partial charge >= 0.3 is 5.97 Å². The van der Waals surface area contributed by atoms with Gasteiger partial charge in [-0.1, -0.05) is 30.3 Å². The number of carbonyl (C=O) groups excluding carboxylic acids is 1. The predicted molar refractivity (Wildman–Crippen MR) is 63.5 cm³/mol. The van der Waals surface area contributed by atoms with E-state index in [2.05, 4.69) is 9.72 Å². The van der Waals surface area contributed by atoms with Gasteiger partial charge in [-0.3, -0.25) is 4.79 Å². The molecule has 2 rings (SSSR count). The Labute approximate surface area is 99.9 Å². The molecule has 0 amide bonds. The minimum atomic E-state index is -0.250. The van der Waals surface area contributed by atoms with Gasteiger partial charge in [-0.25, -0.2) is 4.98 Å². The van der Waals surface area contributed by atoms with Crippen molar-refractivity contribution < 1.29 is 9.53 Å². The Morgan fingerprint density at radius 3 is 2.82 bits per heavy atom. The lowest BCUT2D eigenvalue weighted by Crippen LogP contribution is -2.10. The summed E-state index contributed by atoms with van der Waals surface area (Å²) in [7, 11) is 1.39. The zero-order chi connectivity index (χ0) is 12.1. The first-order valence-corrected chi connectivity index (χ1v) is 5.39. The Balaban J connectivity index is 2.12. The normalized spacial score (nSPS) is 10.2. The van der Waals surface area contributed by atoms with E-state index in [9.17, 15) is 4.79 Å². The number of rotatable bonds is 4. The summed E-state index contributed by atoms with van der Waals surface area (Å²) in [6, 6.07) is 10.1. The number of methoxy groups -OCH3 is 1. The number of imidazole rings is 1. The first kappa shape index (κ1) is 11.4. The molecule has 2 aromatic rings. The highest BCUT2D eigenvalue weighted by Crippen LogP contribution is 2.07. The lowest BCUT2D eigenvalue weighted by molar-refractivity contribution is -0.139. The molecule has 1 heterocycles. The van der Waals surface area contributed by atoms with Crippen LogP contribution in [0.25, 0.3) is 0 Å². The Bertz CT molecular complexity index is 491. The zero-order valence-corrected chi connectivity index (χ0v) is 9.67. The van der Waals surface area contributed by atoms with Crippen LogP contribution in [0.5, 0.6) is 0 Å². The SMILES string of the molecule is COC(=O)Cc1cncn1Cc1ccccc1. The lowest BCUT2D eigenvalue weighted by atomic mass is 10.2. The fourth-order valence-corrected chi connectivity index (χ4v) is 1.64. The quantitative estimate of drug-likeness (QED) is 0.750. The summed E-state index contributed by atoms with van der Waals surface area (Å²) >= 11 is 0. The van der Waals surface area contributed by atoms with Crippen LogP contribution in [0.1, 0.15) is 11.3 Å². The van der Waals surface area contributed by atoms with E-state index in [1.54, 1.807) is 12.5 Å². The standard InChI is InChI=1S/C13H14N2O2/c1-17-13(16)7-12-8-14-10-15(12)9-11-5-3-2-4-6-11/h2-6,8,10H,7,9H2,1H3. The molecule has 0 atom stereocenters. The molecule has 0 aliphatic carbocycles. The number of esters is 1. The minimum Gasteiger partial charge on any atom is -0.469 e. The zero-order valence-electron chi connectivity index (χ0n) is 9.67. The van der Waals surface area contributed by atoms with Crippen LogP contribution in [-0.2, 0) is 22.5 Å². The molecule has 0 saturated carbocycles. The van der Waals surface area contributed by atoms with E-state index in [0.717, 1.165) is 5.69 Å². The summed E-state index contributed by atoms with van der Waals surface area (Å²) < 4.78 is 6.60. The number of ether oxygens (including phenoxy) is 1. The molecule has 0 aliphatic heterocycles. The van der Waals surface area contributed by atoms with Crippen molar-refractivity contribution in [1.29, 1.82) is 0 Å². The molecule has 0 fully saturated rings. The summed E-state index contributed by atoms with van der Waals surface area (Å²) in [5, 5.41) is 0. The number of carbonyl (C=O) groups is 1. The number of benzene rings is 1. The van der Waals surface area contributed by atoms with Crippen molar-refractivity contribution in [2.45, 2.75) is 13.0 Å². The molecule has 0 aliphatic rings. The maximum absolute atomic E-state index is 11.2. The minimum absolute atomic E-state index is 0.250. The number of hydrogen-bond donors (Lipinski definition) is 0. The van der Waals surface area contributed by atoms with E-state index in [4.69, 9.17) is 0 Å². The Morgan fingerprint density at radius 1 is 1.35 bits per heavy atom. The summed E-state index contributed by atoms with van der Waals surface area (Å²) in [5.41, 5.74) is 2.04. The van der Waals surface area contributed by atoms with Crippen LogP contribution in [-0.4, -0.2) is 22.6 Å². The summed E-state index contributed by atoms with van der Waals surface area (Å²) in [6.45, 7) is 0.715. The van der Waals surface area contributed by atoms with E-state index >= 15 is 0 Å². The van der Waals surface area contributed by atoms with Crippen LogP contribution < -0.4 is 0 Å². The first-order chi connectivity index (χ1) is 8.29. The Hall–Kier alpha value is -2.10. The monoisotopic (exact) mass is 230 g/mol. The second kappa shape index (κ2) is 5.30. The van der Waals surface area contributed by atoms with Gasteiger partial charge < -0.3 is 9.30 Å². The molecule has 0 saturated heterocycles. The third-order valence-electron chi connectivity index (χ3n) is 2.55. The molecule has 17 heavy (non-hydrogen) atoms. The fraction of sp³-hybridized carbons (Fsp3) is 0.231. The summed E-state index contributed by atoms with van der Waals surface area (Å²) in [6.07, 6.45) is 3.68. The number of aromatic nitrogens is 2. The molecule has 4 heteroatoms. The molecule has 1 aromatic carbocycles. The maximum atomic E-state index is 11.2. The number of nitrogens with zero attached hydrogens (tertiary/aromatic N) is 2. The van der Waals surface area contributed by atoms with Crippen molar-refractivity contribution >= 4 is 5.97 Å². The van der Waals surface area contributed by atoms with Crippen molar-refractivity contribution in [2.24, 2.45) is 0 Å². The van der Waals surface area contributed by atoms with Gasteiger partial charge in [0.2, 0.25) is 0 Å². The van der Waals surface area contributed by atoms with Crippen LogP contribution in [0, 0.1) is 0 Å². The maximum Gasteiger partial charge on any atom is 0.311 e. The second-order valence-electron chi connectivity index (χ2n) is 3.75. The molecule has 0 unspecified atom stereocenters. The predicted octanol–water partition coefficient (Wildman–Crippen LogP) is 1.65. The Morgan fingerprint density at radius 2 is 2.12 bits per heavy atom. The van der Waals surface area contributed by atoms with Crippen molar-refractivity contribution in [2.75, 3.05) is 7.11 Å². The largest absolute Gasteiger partial charge is 0.469 e. The second-order valence-corrected chi connectivity index (χ2v) is 3.75. The van der Waals surface area contributed by atoms with Crippen LogP contribution in [0.4, 0.5) is 0 Å². The van der Waals surface area contributed by atoms with E-state index in [-0.39, 0.29) is 12.4 Å². The molecule has 1 aromatic heterocycles. The topological polar surface area (TPSA) is 44.1 Å². The van der Waals surface area contributed by atoms with Crippen molar-refractivity contribution in [3.05, 3.63) is 54.1 Å². The van der Waals surface area contributed by atoms with Crippen LogP contribution >= 0.6 is 0 Å². The molecule has 0 N–H and O–H groups in total. The van der Waals surface area contributed by atoms with Gasteiger partial charge in [-0.05, 0) is 5.56 Å². The van der Waals surface area contributed by atoms with E-state index in [1.165, 1.54) is 12.7 Å². The van der Waals surface area contributed by atoms with Crippen LogP contribution in [0.15, 0.2) is 42.9 Å². The van der Waals surface area contributed by atoms with Gasteiger partial charge in [0.15, 0.2) is 0 Å². The average molecular weight is 230 g/mol. The molecule has 0 spiro atoms. The van der Waals surface area contributed by atoms with Gasteiger partial charge in [-0.15, -0.1) is 0 Å². The first-order valence-electron chi connectivity index (χ1n) is 5.39. The van der Waals surface area contributed by atoms with Crippen LogP contribution in [0.3, 0.4) is 0 Å².